The van der Waals surface area contributed by atoms with Crippen molar-refractivity contribution >= 4 is 46.3 Å². The van der Waals surface area contributed by atoms with Crippen LogP contribution in [0.15, 0.2) is 12.1 Å². The van der Waals surface area contributed by atoms with Crippen molar-refractivity contribution < 1.29 is 9.47 Å². The van der Waals surface area contributed by atoms with Gasteiger partial charge in [0.2, 0.25) is 5.28 Å². The smallest absolute Gasteiger partial charge is 0.245 e. The first-order valence-corrected chi connectivity index (χ1v) is 6.42. The maximum atomic E-state index is 6.02. The molecule has 2 rings (SSSR count). The van der Waals surface area contributed by atoms with Gasteiger partial charge in [-0.05, 0) is 11.6 Å². The summed E-state index contributed by atoms with van der Waals surface area (Å²) in [6, 6.07) is 3.25. The molecule has 0 aliphatic heterocycles. The highest BCUT2D eigenvalue weighted by Gasteiger charge is 2.13. The molecular formula is C11H9Cl3N4O2. The van der Waals surface area contributed by atoms with Gasteiger partial charge in [-0.25, -0.2) is 0 Å². The summed E-state index contributed by atoms with van der Waals surface area (Å²) in [5.41, 5.74) is 0.548. The van der Waals surface area contributed by atoms with Crippen LogP contribution in [0.4, 0.5) is 11.5 Å². The highest BCUT2D eigenvalue weighted by molar-refractivity contribution is 6.33. The van der Waals surface area contributed by atoms with Gasteiger partial charge in [-0.2, -0.15) is 4.98 Å². The Bertz CT molecular complexity index is 639. The first-order valence-electron chi connectivity index (χ1n) is 5.29. The third-order valence-corrected chi connectivity index (χ3v) is 3.06. The van der Waals surface area contributed by atoms with Crippen molar-refractivity contribution in [1.29, 1.82) is 0 Å². The van der Waals surface area contributed by atoms with E-state index in [0.717, 1.165) is 0 Å². The largest absolute Gasteiger partial charge is 0.495 e. The summed E-state index contributed by atoms with van der Waals surface area (Å²) in [7, 11) is 3.02. The Morgan fingerprint density at radius 3 is 2.35 bits per heavy atom. The number of hydrogen-bond acceptors (Lipinski definition) is 6. The summed E-state index contributed by atoms with van der Waals surface area (Å²) in [5, 5.41) is 10.6. The zero-order valence-electron chi connectivity index (χ0n) is 10.4. The van der Waals surface area contributed by atoms with Crippen molar-refractivity contribution in [3.8, 4) is 11.5 Å². The van der Waals surface area contributed by atoms with E-state index in [1.165, 1.54) is 14.2 Å². The molecule has 20 heavy (non-hydrogen) atoms. The Morgan fingerprint density at radius 1 is 1.00 bits per heavy atom. The van der Waals surface area contributed by atoms with Crippen LogP contribution in [0.25, 0.3) is 0 Å². The van der Waals surface area contributed by atoms with Crippen molar-refractivity contribution in [1.82, 2.24) is 15.2 Å². The first-order chi connectivity index (χ1) is 9.55. The van der Waals surface area contributed by atoms with Crippen LogP contribution in [-0.2, 0) is 0 Å². The number of anilines is 2. The minimum atomic E-state index is -0.0307. The van der Waals surface area contributed by atoms with Gasteiger partial charge in [-0.3, -0.25) is 0 Å². The van der Waals surface area contributed by atoms with Crippen LogP contribution in [0.5, 0.6) is 11.5 Å². The normalized spacial score (nSPS) is 10.2. The molecule has 0 radical (unpaired) electrons. The number of aromatic nitrogens is 3. The minimum absolute atomic E-state index is 0.0307. The number of nitrogens with zero attached hydrogens (tertiary/aromatic N) is 3. The third kappa shape index (κ3) is 3.15. The van der Waals surface area contributed by atoms with Gasteiger partial charge in [0.05, 0.1) is 24.9 Å². The minimum Gasteiger partial charge on any atom is -0.495 e. The molecule has 1 aromatic carbocycles. The van der Waals surface area contributed by atoms with E-state index in [9.17, 15) is 0 Å². The van der Waals surface area contributed by atoms with Crippen molar-refractivity contribution in [3.05, 3.63) is 27.6 Å². The lowest BCUT2D eigenvalue weighted by molar-refractivity contribution is 0.405. The second-order valence-electron chi connectivity index (χ2n) is 3.53. The number of halogens is 3. The summed E-state index contributed by atoms with van der Waals surface area (Å²) in [4.78, 5) is 3.94. The zero-order chi connectivity index (χ0) is 14.7. The van der Waals surface area contributed by atoms with Gasteiger partial charge in [0.1, 0.15) is 11.5 Å². The molecule has 0 saturated carbocycles. The van der Waals surface area contributed by atoms with E-state index < -0.39 is 0 Å². The molecule has 0 atom stereocenters. The van der Waals surface area contributed by atoms with Gasteiger partial charge < -0.3 is 14.8 Å². The van der Waals surface area contributed by atoms with Crippen LogP contribution in [0.1, 0.15) is 0 Å². The van der Waals surface area contributed by atoms with Gasteiger partial charge in [0.15, 0.2) is 11.0 Å². The number of hydrogen-bond donors (Lipinski definition) is 1. The van der Waals surface area contributed by atoms with Gasteiger partial charge >= 0.3 is 0 Å². The van der Waals surface area contributed by atoms with Crippen molar-refractivity contribution in [2.45, 2.75) is 0 Å². The number of nitrogens with one attached hydrogen (secondary N) is 1. The Labute approximate surface area is 130 Å². The van der Waals surface area contributed by atoms with E-state index in [1.807, 2.05) is 0 Å². The van der Waals surface area contributed by atoms with E-state index in [0.29, 0.717) is 22.2 Å². The molecule has 0 amide bonds. The molecule has 1 aromatic heterocycles. The highest BCUT2D eigenvalue weighted by Crippen LogP contribution is 2.37. The zero-order valence-corrected chi connectivity index (χ0v) is 12.7. The average Bonchev–Trinajstić information content (AvgIpc) is 2.44. The van der Waals surface area contributed by atoms with E-state index in [4.69, 9.17) is 44.3 Å². The molecule has 9 heteroatoms. The molecule has 0 aliphatic rings. The third-order valence-electron chi connectivity index (χ3n) is 2.35. The van der Waals surface area contributed by atoms with Crippen molar-refractivity contribution in [2.24, 2.45) is 0 Å². The molecule has 0 saturated heterocycles. The maximum Gasteiger partial charge on any atom is 0.245 e. The van der Waals surface area contributed by atoms with Crippen LogP contribution in [0, 0.1) is 0 Å². The lowest BCUT2D eigenvalue weighted by Crippen LogP contribution is -2.01. The predicted octanol–water partition coefficient (Wildman–Crippen LogP) is 3.59. The van der Waals surface area contributed by atoms with Crippen molar-refractivity contribution in [2.75, 3.05) is 19.5 Å². The first kappa shape index (κ1) is 14.9. The number of rotatable bonds is 4. The highest BCUT2D eigenvalue weighted by atomic mass is 35.5. The topological polar surface area (TPSA) is 69.2 Å². The Kier molecular flexibility index (Phi) is 4.69. The molecule has 6 nitrogen and oxygen atoms in total. The van der Waals surface area contributed by atoms with E-state index in [2.05, 4.69) is 20.5 Å². The molecule has 1 N–H and O–H groups in total. The molecule has 106 valence electrons. The number of ether oxygens (including phenoxy) is 2. The number of benzene rings is 1. The quantitative estimate of drug-likeness (QED) is 0.921. The van der Waals surface area contributed by atoms with E-state index in [1.54, 1.807) is 12.1 Å². The second kappa shape index (κ2) is 6.30. The van der Waals surface area contributed by atoms with E-state index in [-0.39, 0.29) is 16.3 Å². The second-order valence-corrected chi connectivity index (χ2v) is 4.64. The van der Waals surface area contributed by atoms with E-state index >= 15 is 0 Å². The summed E-state index contributed by atoms with van der Waals surface area (Å²) in [6.45, 7) is 0. The standard InChI is InChI=1S/C11H9Cl3N4O2/c1-19-7-4-6(8(20-2)3-5(7)12)15-10-9(13)17-18-11(14)16-10/h3-4H,1-2H3,(H,15,16,18). The Hall–Kier alpha value is -1.50. The monoisotopic (exact) mass is 334 g/mol. The summed E-state index contributed by atoms with van der Waals surface area (Å²) in [6.07, 6.45) is 0. The molecule has 1 heterocycles. The molecule has 0 aliphatic carbocycles. The van der Waals surface area contributed by atoms with Crippen LogP contribution in [-0.4, -0.2) is 29.4 Å². The Morgan fingerprint density at radius 2 is 1.70 bits per heavy atom. The molecule has 0 bridgehead atoms. The fraction of sp³-hybridized carbons (Fsp3) is 0.182. The maximum absolute atomic E-state index is 6.02. The lowest BCUT2D eigenvalue weighted by atomic mass is 10.2. The van der Waals surface area contributed by atoms with Crippen LogP contribution < -0.4 is 14.8 Å². The van der Waals surface area contributed by atoms with Crippen LogP contribution in [0.3, 0.4) is 0 Å². The fourth-order valence-corrected chi connectivity index (χ4v) is 1.94. The summed E-state index contributed by atoms with van der Waals surface area (Å²) >= 11 is 17.6. The summed E-state index contributed by atoms with van der Waals surface area (Å²) < 4.78 is 10.4. The van der Waals surface area contributed by atoms with Crippen LogP contribution >= 0.6 is 34.8 Å². The average molecular weight is 336 g/mol. The molecule has 0 fully saturated rings. The summed E-state index contributed by atoms with van der Waals surface area (Å²) in [5.74, 6) is 1.20. The Balaban J connectivity index is 2.44. The SMILES string of the molecule is COc1cc(Nc2nc(Cl)nnc2Cl)c(OC)cc1Cl. The van der Waals surface area contributed by atoms with Gasteiger partial charge in [-0.1, -0.05) is 23.2 Å². The van der Waals surface area contributed by atoms with Crippen molar-refractivity contribution in [3.63, 3.8) is 0 Å². The predicted molar refractivity (Wildman–Crippen MR) is 77.7 cm³/mol. The number of methoxy groups -OCH3 is 2. The molecule has 2 aromatic rings. The molecular weight excluding hydrogens is 327 g/mol. The lowest BCUT2D eigenvalue weighted by Gasteiger charge is -2.13. The van der Waals surface area contributed by atoms with Gasteiger partial charge in [-0.15, -0.1) is 10.2 Å². The molecule has 0 unspecified atom stereocenters. The fourth-order valence-electron chi connectivity index (χ4n) is 1.46. The van der Waals surface area contributed by atoms with Crippen LogP contribution in [0.2, 0.25) is 15.5 Å². The van der Waals surface area contributed by atoms with Gasteiger partial charge in [0, 0.05) is 12.1 Å². The van der Waals surface area contributed by atoms with Gasteiger partial charge in [0.25, 0.3) is 0 Å². The molecule has 0 spiro atoms.